The highest BCUT2D eigenvalue weighted by Crippen LogP contribution is 2.35. The molecule has 1 fully saturated rings. The van der Waals surface area contributed by atoms with Crippen molar-refractivity contribution in [3.63, 3.8) is 0 Å². The van der Waals surface area contributed by atoms with E-state index in [1.807, 2.05) is 46.7 Å². The highest BCUT2D eigenvalue weighted by Gasteiger charge is 2.36. The van der Waals surface area contributed by atoms with E-state index in [9.17, 15) is 9.59 Å². The molecule has 3 aromatic rings. The molecule has 5 rings (SSSR count). The van der Waals surface area contributed by atoms with E-state index in [0.29, 0.717) is 35.7 Å². The summed E-state index contributed by atoms with van der Waals surface area (Å²) in [5.41, 5.74) is 2.87. The summed E-state index contributed by atoms with van der Waals surface area (Å²) in [7, 11) is 0. The van der Waals surface area contributed by atoms with Crippen LogP contribution >= 0.6 is 23.4 Å². The summed E-state index contributed by atoms with van der Waals surface area (Å²) >= 11 is 7.45. The number of aryl methyl sites for hydroxylation is 1. The molecule has 1 aromatic carbocycles. The van der Waals surface area contributed by atoms with Crippen LogP contribution in [0.25, 0.3) is 5.69 Å². The van der Waals surface area contributed by atoms with Crippen LogP contribution in [0.1, 0.15) is 23.6 Å². The lowest BCUT2D eigenvalue weighted by molar-refractivity contribution is -0.131. The smallest absolute Gasteiger partial charge is 0.250 e. The van der Waals surface area contributed by atoms with Crippen molar-refractivity contribution in [3.05, 3.63) is 63.0 Å². The van der Waals surface area contributed by atoms with Gasteiger partial charge >= 0.3 is 0 Å². The van der Waals surface area contributed by atoms with Crippen LogP contribution in [0.2, 0.25) is 5.02 Å². The lowest BCUT2D eigenvalue weighted by Gasteiger charge is -2.42. The number of fused-ring (bicyclic) bond motifs is 4. The van der Waals surface area contributed by atoms with Crippen LogP contribution in [-0.4, -0.2) is 54.4 Å². The Hall–Kier alpha value is -2.65. The first kappa shape index (κ1) is 20.3. The zero-order valence-electron chi connectivity index (χ0n) is 16.9. The summed E-state index contributed by atoms with van der Waals surface area (Å²) < 4.78 is 3.49. The number of halogens is 1. The Labute approximate surface area is 188 Å². The number of thioether (sulfide) groups is 1. The Kier molecular flexibility index (Phi) is 5.31. The van der Waals surface area contributed by atoms with Crippen LogP contribution in [0.5, 0.6) is 0 Å². The second-order valence-corrected chi connectivity index (χ2v) is 9.47. The monoisotopic (exact) mass is 456 g/mol. The van der Waals surface area contributed by atoms with Gasteiger partial charge in [-0.2, -0.15) is 4.68 Å². The lowest BCUT2D eigenvalue weighted by atomic mass is 9.83. The Bertz CT molecular complexity index is 1210. The van der Waals surface area contributed by atoms with E-state index < -0.39 is 0 Å². The Morgan fingerprint density at radius 2 is 2.10 bits per heavy atom. The average Bonchev–Trinajstić information content (AvgIpc) is 3.23. The minimum Gasteiger partial charge on any atom is -0.341 e. The van der Waals surface area contributed by atoms with Gasteiger partial charge in [0.25, 0.3) is 5.56 Å². The fourth-order valence-corrected chi connectivity index (χ4v) is 5.50. The van der Waals surface area contributed by atoms with Crippen molar-refractivity contribution in [2.75, 3.05) is 18.8 Å². The van der Waals surface area contributed by atoms with Crippen molar-refractivity contribution in [1.82, 2.24) is 29.7 Å². The van der Waals surface area contributed by atoms with Crippen LogP contribution in [0, 0.1) is 12.8 Å². The van der Waals surface area contributed by atoms with Crippen LogP contribution < -0.4 is 5.56 Å². The first-order valence-corrected chi connectivity index (χ1v) is 11.5. The molecule has 2 atom stereocenters. The third-order valence-electron chi connectivity index (χ3n) is 6.00. The first-order chi connectivity index (χ1) is 15.0. The van der Waals surface area contributed by atoms with Gasteiger partial charge in [-0.3, -0.25) is 9.59 Å². The SMILES string of the molecule is Cc1ccc(Cl)cc1-n1nnnc1SCC(=O)N1CC2CC(C1)c1cccc(=O)n1C2. The molecule has 31 heavy (non-hydrogen) atoms. The normalized spacial score (nSPS) is 19.9. The molecule has 10 heteroatoms. The Morgan fingerprint density at radius 1 is 1.23 bits per heavy atom. The molecule has 2 aromatic heterocycles. The maximum Gasteiger partial charge on any atom is 0.250 e. The van der Waals surface area contributed by atoms with E-state index in [1.54, 1.807) is 10.7 Å². The quantitative estimate of drug-likeness (QED) is 0.561. The van der Waals surface area contributed by atoms with Crippen molar-refractivity contribution < 1.29 is 4.79 Å². The predicted octanol–water partition coefficient (Wildman–Crippen LogP) is 2.52. The standard InChI is InChI=1S/C21H21ClN6O2S/c1-13-5-6-16(22)8-18(13)28-21(23-24-25-28)31-12-20(30)26-9-14-7-15(11-26)17-3-2-4-19(29)27(17)10-14/h2-6,8,14-15H,7,9-12H2,1H3. The number of amides is 1. The molecule has 0 spiro atoms. The maximum atomic E-state index is 13.0. The molecule has 8 nitrogen and oxygen atoms in total. The molecule has 0 radical (unpaired) electrons. The van der Waals surface area contributed by atoms with Crippen molar-refractivity contribution >= 4 is 29.3 Å². The minimum absolute atomic E-state index is 0.0469. The van der Waals surface area contributed by atoms with Gasteiger partial charge in [0.1, 0.15) is 0 Å². The van der Waals surface area contributed by atoms with Gasteiger partial charge in [0.05, 0.1) is 11.4 Å². The number of nitrogens with zero attached hydrogens (tertiary/aromatic N) is 6. The molecular weight excluding hydrogens is 436 g/mol. The van der Waals surface area contributed by atoms with E-state index in [-0.39, 0.29) is 23.1 Å². The molecule has 2 unspecified atom stereocenters. The lowest BCUT2D eigenvalue weighted by Crippen LogP contribution is -2.49. The number of piperidine rings is 1. The van der Waals surface area contributed by atoms with E-state index in [2.05, 4.69) is 15.5 Å². The van der Waals surface area contributed by atoms with E-state index in [4.69, 9.17) is 11.6 Å². The first-order valence-electron chi connectivity index (χ1n) is 10.1. The molecule has 4 heterocycles. The van der Waals surface area contributed by atoms with Crippen LogP contribution in [0.3, 0.4) is 0 Å². The van der Waals surface area contributed by atoms with Crippen LogP contribution in [-0.2, 0) is 11.3 Å². The van der Waals surface area contributed by atoms with Gasteiger partial charge in [0.15, 0.2) is 0 Å². The largest absolute Gasteiger partial charge is 0.341 e. The fraction of sp³-hybridized carbons (Fsp3) is 0.381. The third-order valence-corrected chi connectivity index (χ3v) is 7.14. The second kappa shape index (κ2) is 8.12. The molecule has 1 saturated heterocycles. The fourth-order valence-electron chi connectivity index (χ4n) is 4.55. The minimum atomic E-state index is 0.0469. The average molecular weight is 457 g/mol. The number of benzene rings is 1. The van der Waals surface area contributed by atoms with E-state index >= 15 is 0 Å². The van der Waals surface area contributed by atoms with Gasteiger partial charge in [-0.15, -0.1) is 5.10 Å². The van der Waals surface area contributed by atoms with Gasteiger partial charge in [-0.25, -0.2) is 0 Å². The Morgan fingerprint density at radius 3 is 2.97 bits per heavy atom. The topological polar surface area (TPSA) is 85.9 Å². The van der Waals surface area contributed by atoms with Crippen LogP contribution in [0.15, 0.2) is 46.3 Å². The molecule has 0 saturated carbocycles. The van der Waals surface area contributed by atoms with Crippen molar-refractivity contribution in [3.8, 4) is 5.69 Å². The van der Waals surface area contributed by atoms with Gasteiger partial charge < -0.3 is 9.47 Å². The molecule has 160 valence electrons. The molecule has 1 amide bonds. The number of carbonyl (C=O) groups excluding carboxylic acids is 1. The summed E-state index contributed by atoms with van der Waals surface area (Å²) in [6.45, 7) is 3.95. The Balaban J connectivity index is 1.29. The van der Waals surface area contributed by atoms with Gasteiger partial charge in [-0.05, 0) is 53.5 Å². The molecule has 2 bridgehead atoms. The highest BCUT2D eigenvalue weighted by molar-refractivity contribution is 7.99. The van der Waals surface area contributed by atoms with E-state index in [0.717, 1.165) is 23.4 Å². The third kappa shape index (κ3) is 3.87. The van der Waals surface area contributed by atoms with Gasteiger partial charge in [0.2, 0.25) is 11.1 Å². The van der Waals surface area contributed by atoms with Crippen LogP contribution in [0.4, 0.5) is 0 Å². The second-order valence-electron chi connectivity index (χ2n) is 8.09. The highest BCUT2D eigenvalue weighted by atomic mass is 35.5. The molecule has 0 aliphatic carbocycles. The molecule has 2 aliphatic rings. The number of hydrogen-bond donors (Lipinski definition) is 0. The number of likely N-dealkylation sites (tertiary alicyclic amines) is 1. The zero-order valence-corrected chi connectivity index (χ0v) is 18.5. The predicted molar refractivity (Wildman–Crippen MR) is 118 cm³/mol. The van der Waals surface area contributed by atoms with Gasteiger partial charge in [-0.1, -0.05) is 35.5 Å². The molecule has 2 aliphatic heterocycles. The summed E-state index contributed by atoms with van der Waals surface area (Å²) in [4.78, 5) is 27.1. The summed E-state index contributed by atoms with van der Waals surface area (Å²) in [5, 5.41) is 13.1. The van der Waals surface area contributed by atoms with Gasteiger partial charge in [0, 0.05) is 42.3 Å². The number of carbonyl (C=O) groups is 1. The van der Waals surface area contributed by atoms with Crippen molar-refractivity contribution in [2.45, 2.75) is 31.0 Å². The summed E-state index contributed by atoms with van der Waals surface area (Å²) in [6.07, 6.45) is 1.02. The summed E-state index contributed by atoms with van der Waals surface area (Å²) in [6, 6.07) is 11.0. The number of aromatic nitrogens is 5. The maximum absolute atomic E-state index is 13.0. The number of hydrogen-bond acceptors (Lipinski definition) is 6. The molecular formula is C21H21ClN6O2S. The van der Waals surface area contributed by atoms with Crippen molar-refractivity contribution in [1.29, 1.82) is 0 Å². The van der Waals surface area contributed by atoms with E-state index in [1.165, 1.54) is 11.8 Å². The van der Waals surface area contributed by atoms with Crippen molar-refractivity contribution in [2.24, 2.45) is 5.92 Å². The summed E-state index contributed by atoms with van der Waals surface area (Å²) in [5.74, 6) is 0.819. The number of rotatable bonds is 4. The zero-order chi connectivity index (χ0) is 21.5. The number of tetrazole rings is 1. The molecule has 0 N–H and O–H groups in total. The number of pyridine rings is 1.